The smallest absolute Gasteiger partial charge is 0.255 e. The molecule has 4 aromatic rings. The number of carbonyl (C=O) groups is 2. The highest BCUT2D eigenvalue weighted by molar-refractivity contribution is 6.30. The third-order valence-corrected chi connectivity index (χ3v) is 7.44. The molecule has 0 saturated heterocycles. The number of hydrogen-bond donors (Lipinski definition) is 4. The van der Waals surface area contributed by atoms with Crippen molar-refractivity contribution in [3.8, 4) is 11.5 Å². The summed E-state index contributed by atoms with van der Waals surface area (Å²) in [5.41, 5.74) is 9.74. The molecule has 0 radical (unpaired) electrons. The van der Waals surface area contributed by atoms with Crippen LogP contribution < -0.4 is 25.8 Å². The predicted octanol–water partition coefficient (Wildman–Crippen LogP) is 4.30. The van der Waals surface area contributed by atoms with Crippen molar-refractivity contribution in [2.75, 3.05) is 13.7 Å². The fourth-order valence-electron chi connectivity index (χ4n) is 5.09. The van der Waals surface area contributed by atoms with Gasteiger partial charge < -0.3 is 30.8 Å². The first-order valence-electron chi connectivity index (χ1n) is 13.4. The van der Waals surface area contributed by atoms with E-state index in [-0.39, 0.29) is 18.5 Å². The number of nitrogens with two attached hydrogens (primary N) is 1. The van der Waals surface area contributed by atoms with Crippen molar-refractivity contribution in [1.29, 1.82) is 0 Å². The lowest BCUT2D eigenvalue weighted by Crippen LogP contribution is -2.46. The third-order valence-electron chi connectivity index (χ3n) is 7.19. The van der Waals surface area contributed by atoms with Gasteiger partial charge in [0.05, 0.1) is 37.3 Å². The number of ether oxygens (including phenoxy) is 2. The maximum absolute atomic E-state index is 13.4. The Hall–Kier alpha value is -4.34. The lowest BCUT2D eigenvalue weighted by molar-refractivity contribution is -0.119. The van der Waals surface area contributed by atoms with E-state index in [0.717, 1.165) is 28.1 Å². The molecule has 0 spiro atoms. The summed E-state index contributed by atoms with van der Waals surface area (Å²) in [5, 5.41) is 7.14. The molecular formula is C31H32ClN5O4. The highest BCUT2D eigenvalue weighted by atomic mass is 35.5. The van der Waals surface area contributed by atoms with Gasteiger partial charge in [0.25, 0.3) is 5.91 Å². The molecule has 5 rings (SSSR count). The first-order chi connectivity index (χ1) is 19.9. The second-order valence-electron chi connectivity index (χ2n) is 9.95. The van der Waals surface area contributed by atoms with Gasteiger partial charge in [-0.1, -0.05) is 48.0 Å². The molecule has 1 aliphatic heterocycles. The van der Waals surface area contributed by atoms with E-state index in [1.165, 1.54) is 0 Å². The molecule has 2 heterocycles. The van der Waals surface area contributed by atoms with Gasteiger partial charge in [0.2, 0.25) is 5.91 Å². The number of imidazole rings is 1. The molecule has 1 aliphatic rings. The summed E-state index contributed by atoms with van der Waals surface area (Å²) in [7, 11) is 1.65. The Morgan fingerprint density at radius 1 is 1.12 bits per heavy atom. The van der Waals surface area contributed by atoms with Crippen LogP contribution in [-0.4, -0.2) is 41.5 Å². The topological polar surface area (TPSA) is 131 Å². The summed E-state index contributed by atoms with van der Waals surface area (Å²) in [6.07, 6.45) is 5.12. The molecule has 0 fully saturated rings. The largest absolute Gasteiger partial charge is 0.497 e. The molecule has 5 N–H and O–H groups in total. The summed E-state index contributed by atoms with van der Waals surface area (Å²) in [6, 6.07) is 19.4. The zero-order chi connectivity index (χ0) is 28.8. The number of para-hydroxylation sites is 1. The maximum Gasteiger partial charge on any atom is 0.255 e. The quantitative estimate of drug-likeness (QED) is 0.212. The minimum Gasteiger partial charge on any atom is -0.497 e. The molecule has 3 aromatic carbocycles. The van der Waals surface area contributed by atoms with Crippen LogP contribution in [0.4, 0.5) is 0 Å². The molecule has 10 heteroatoms. The average molecular weight is 574 g/mol. The van der Waals surface area contributed by atoms with E-state index in [9.17, 15) is 9.59 Å². The summed E-state index contributed by atoms with van der Waals surface area (Å²) >= 11 is 5.98. The zero-order valence-electron chi connectivity index (χ0n) is 22.6. The highest BCUT2D eigenvalue weighted by Crippen LogP contribution is 2.37. The molecule has 0 aliphatic carbocycles. The van der Waals surface area contributed by atoms with Gasteiger partial charge in [-0.15, -0.1) is 0 Å². The number of aromatic amines is 1. The first kappa shape index (κ1) is 28.2. The molecule has 2 amide bonds. The molecular weight excluding hydrogens is 542 g/mol. The molecule has 0 saturated carbocycles. The Kier molecular flexibility index (Phi) is 8.86. The van der Waals surface area contributed by atoms with Gasteiger partial charge >= 0.3 is 0 Å². The van der Waals surface area contributed by atoms with E-state index in [1.807, 2.05) is 36.5 Å². The van der Waals surface area contributed by atoms with Crippen molar-refractivity contribution >= 4 is 23.4 Å². The Morgan fingerprint density at radius 3 is 2.66 bits per heavy atom. The standard InChI is InChI=1S/C31H32ClN5O4/c1-40-22-5-2-4-20(14-22)16-26(28-17-34-18-35-28)36-25-12-13-41-29-23(25)6-3-7-24(29)31(39)37-27(30(33)38)15-19-8-10-21(32)11-9-19/h2-11,14,17-18,25-27,36H,12-13,15-16H2,1H3,(H2,33,38)(H,34,35)(H,37,39)/t25?,26?,27-/m0/s1. The number of amides is 2. The molecule has 1 aromatic heterocycles. The van der Waals surface area contributed by atoms with E-state index in [0.29, 0.717) is 35.8 Å². The monoisotopic (exact) mass is 573 g/mol. The van der Waals surface area contributed by atoms with E-state index < -0.39 is 17.9 Å². The number of nitrogens with zero attached hydrogens (tertiary/aromatic N) is 1. The lowest BCUT2D eigenvalue weighted by Gasteiger charge is -2.31. The van der Waals surface area contributed by atoms with Crippen LogP contribution in [0.1, 0.15) is 51.2 Å². The molecule has 41 heavy (non-hydrogen) atoms. The van der Waals surface area contributed by atoms with Crippen molar-refractivity contribution in [3.05, 3.63) is 112 Å². The van der Waals surface area contributed by atoms with Crippen LogP contribution >= 0.6 is 11.6 Å². The fraction of sp³-hybridized carbons (Fsp3) is 0.258. The van der Waals surface area contributed by atoms with Crippen LogP contribution in [0.5, 0.6) is 11.5 Å². The second-order valence-corrected chi connectivity index (χ2v) is 10.4. The van der Waals surface area contributed by atoms with Crippen LogP contribution in [0.2, 0.25) is 5.02 Å². The van der Waals surface area contributed by atoms with Crippen LogP contribution in [0.25, 0.3) is 0 Å². The average Bonchev–Trinajstić information content (AvgIpc) is 3.53. The normalized spacial score (nSPS) is 15.7. The number of primary amides is 1. The van der Waals surface area contributed by atoms with Crippen LogP contribution in [-0.2, 0) is 17.6 Å². The number of hydrogen-bond acceptors (Lipinski definition) is 6. The lowest BCUT2D eigenvalue weighted by atomic mass is 9.94. The Bertz CT molecular complexity index is 1490. The zero-order valence-corrected chi connectivity index (χ0v) is 23.4. The number of nitrogens with one attached hydrogen (secondary N) is 3. The van der Waals surface area contributed by atoms with E-state index in [2.05, 4.69) is 26.7 Å². The maximum atomic E-state index is 13.4. The number of fused-ring (bicyclic) bond motifs is 1. The van der Waals surface area contributed by atoms with E-state index in [4.69, 9.17) is 26.8 Å². The van der Waals surface area contributed by atoms with Gasteiger partial charge in [0.15, 0.2) is 0 Å². The number of carbonyl (C=O) groups excluding carboxylic acids is 2. The van der Waals surface area contributed by atoms with Crippen LogP contribution in [0.3, 0.4) is 0 Å². The van der Waals surface area contributed by atoms with Crippen LogP contribution in [0.15, 0.2) is 79.3 Å². The number of rotatable bonds is 11. The Labute approximate surface area is 243 Å². The fourth-order valence-corrected chi connectivity index (χ4v) is 5.21. The number of halogens is 1. The molecule has 9 nitrogen and oxygen atoms in total. The summed E-state index contributed by atoms with van der Waals surface area (Å²) < 4.78 is 11.4. The van der Waals surface area contributed by atoms with Gasteiger partial charge in [-0.2, -0.15) is 0 Å². The first-order valence-corrected chi connectivity index (χ1v) is 13.8. The van der Waals surface area contributed by atoms with E-state index in [1.54, 1.807) is 43.8 Å². The summed E-state index contributed by atoms with van der Waals surface area (Å²) in [5.74, 6) is 0.233. The van der Waals surface area contributed by atoms with Gasteiger partial charge in [-0.05, 0) is 47.9 Å². The van der Waals surface area contributed by atoms with Crippen molar-refractivity contribution in [1.82, 2.24) is 20.6 Å². The molecule has 0 bridgehead atoms. The number of aromatic nitrogens is 2. The summed E-state index contributed by atoms with van der Waals surface area (Å²) in [4.78, 5) is 33.1. The minimum atomic E-state index is -0.898. The molecule has 3 atom stereocenters. The van der Waals surface area contributed by atoms with Gasteiger partial charge in [0.1, 0.15) is 17.5 Å². The highest BCUT2D eigenvalue weighted by Gasteiger charge is 2.30. The summed E-state index contributed by atoms with van der Waals surface area (Å²) in [6.45, 7) is 0.424. The Morgan fingerprint density at radius 2 is 1.93 bits per heavy atom. The predicted molar refractivity (Wildman–Crippen MR) is 156 cm³/mol. The van der Waals surface area contributed by atoms with Gasteiger partial charge in [-0.25, -0.2) is 4.98 Å². The van der Waals surface area contributed by atoms with Gasteiger partial charge in [-0.3, -0.25) is 9.59 Å². The SMILES string of the molecule is COc1cccc(CC(NC2CCOc3c(C(=O)N[C@@H](Cc4ccc(Cl)cc4)C(N)=O)cccc32)c2cnc[nH]2)c1. The molecule has 2 unspecified atom stereocenters. The van der Waals surface area contributed by atoms with E-state index >= 15 is 0 Å². The van der Waals surface area contributed by atoms with Crippen molar-refractivity contribution in [3.63, 3.8) is 0 Å². The number of methoxy groups -OCH3 is 1. The minimum absolute atomic E-state index is 0.0864. The van der Waals surface area contributed by atoms with Crippen molar-refractivity contribution < 1.29 is 19.1 Å². The van der Waals surface area contributed by atoms with Gasteiger partial charge in [0, 0.05) is 35.7 Å². The number of H-pyrrole nitrogens is 1. The van der Waals surface area contributed by atoms with Crippen molar-refractivity contribution in [2.24, 2.45) is 5.73 Å². The van der Waals surface area contributed by atoms with Crippen LogP contribution in [0, 0.1) is 0 Å². The second kappa shape index (κ2) is 12.9. The number of benzene rings is 3. The molecule has 212 valence electrons. The third kappa shape index (κ3) is 6.87. The Balaban J connectivity index is 1.36. The van der Waals surface area contributed by atoms with Crippen molar-refractivity contribution in [2.45, 2.75) is 37.4 Å².